The number of primary amides is 1. The van der Waals surface area contributed by atoms with Crippen LogP contribution < -0.4 is 17.2 Å². The summed E-state index contributed by atoms with van der Waals surface area (Å²) in [6, 6.07) is 0. The Morgan fingerprint density at radius 2 is 1.71 bits per heavy atom. The number of fused-ring (bicyclic) bond motifs is 4. The van der Waals surface area contributed by atoms with Crippen molar-refractivity contribution in [2.75, 3.05) is 26.9 Å². The molecular formula is C32H45ClF2N8O12Pt. The number of carbonyl (C=O) groups is 5. The molecule has 4 heterocycles. The van der Waals surface area contributed by atoms with Gasteiger partial charge in [-0.1, -0.05) is 6.58 Å². The van der Waals surface area contributed by atoms with Crippen molar-refractivity contribution in [2.45, 2.75) is 62.7 Å². The fourth-order valence-corrected chi connectivity index (χ4v) is 7.53. The number of amides is 1. The summed E-state index contributed by atoms with van der Waals surface area (Å²) in [4.78, 5) is 64.0. The molecule has 56 heavy (non-hydrogen) atoms. The minimum Gasteiger partial charge on any atom is -0.693 e. The second kappa shape index (κ2) is 18.1. The van der Waals surface area contributed by atoms with Crippen LogP contribution in [0.4, 0.5) is 13.6 Å². The molecule has 14 N–H and O–H groups in total. The summed E-state index contributed by atoms with van der Waals surface area (Å²) in [5.74, 6) is -6.46. The molecule has 0 radical (unpaired) electrons. The fourth-order valence-electron chi connectivity index (χ4n) is 7.53. The third kappa shape index (κ3) is 7.93. The normalized spacial score (nSPS) is 30.8. The number of amidine groups is 1. The number of ketones is 2. The van der Waals surface area contributed by atoms with E-state index in [2.05, 4.69) is 11.6 Å². The van der Waals surface area contributed by atoms with Gasteiger partial charge in [0.05, 0.1) is 23.9 Å². The number of piperidine rings is 1. The van der Waals surface area contributed by atoms with E-state index in [1.54, 1.807) is 14.0 Å². The third-order valence-electron chi connectivity index (χ3n) is 10.6. The van der Waals surface area contributed by atoms with Gasteiger partial charge in [-0.15, -0.1) is 12.4 Å². The third-order valence-corrected chi connectivity index (χ3v) is 10.6. The Hall–Kier alpha value is -4.02. The Bertz CT molecular complexity index is 1730. The van der Waals surface area contributed by atoms with Crippen LogP contribution in [0.15, 0.2) is 52.2 Å². The molecule has 24 heteroatoms. The predicted molar refractivity (Wildman–Crippen MR) is 189 cm³/mol. The van der Waals surface area contributed by atoms with Gasteiger partial charge in [-0.25, -0.2) is 9.79 Å². The van der Waals surface area contributed by atoms with E-state index >= 15 is 0 Å². The van der Waals surface area contributed by atoms with E-state index < -0.39 is 66.1 Å². The van der Waals surface area contributed by atoms with Crippen LogP contribution in [0.3, 0.4) is 0 Å². The quantitative estimate of drug-likeness (QED) is 0.139. The number of carbonyl (C=O) groups excluding carboxylic acids is 3. The maximum absolute atomic E-state index is 13.8. The van der Waals surface area contributed by atoms with Crippen molar-refractivity contribution in [1.82, 2.24) is 9.80 Å². The molecule has 4 aliphatic heterocycles. The number of nitrogens with zero attached hydrogens (tertiary/aromatic N) is 3. The molecule has 0 aromatic heterocycles. The molecule has 316 valence electrons. The minimum atomic E-state index is -3.55. The van der Waals surface area contributed by atoms with E-state index in [0.29, 0.717) is 24.6 Å². The molecule has 2 saturated carbocycles. The Kier molecular flexibility index (Phi) is 16.1. The van der Waals surface area contributed by atoms with Crippen molar-refractivity contribution in [3.63, 3.8) is 0 Å². The second-order valence-corrected chi connectivity index (χ2v) is 13.4. The molecule has 0 aromatic rings. The number of alkyl halides is 2. The van der Waals surface area contributed by atoms with Gasteiger partial charge in [0.2, 0.25) is 17.8 Å². The number of aliphatic imine (C=N–C) groups is 1. The predicted octanol–water partition coefficient (Wildman–Crippen LogP) is 1.18. The van der Waals surface area contributed by atoms with E-state index in [4.69, 9.17) is 46.7 Å². The van der Waals surface area contributed by atoms with Crippen molar-refractivity contribution in [2.24, 2.45) is 45.4 Å². The monoisotopic (exact) mass is 1000 g/mol. The van der Waals surface area contributed by atoms with Crippen LogP contribution >= 0.6 is 12.4 Å². The number of ether oxygens (including phenoxy) is 3. The van der Waals surface area contributed by atoms with Crippen LogP contribution in [0.2, 0.25) is 0 Å². The summed E-state index contributed by atoms with van der Waals surface area (Å²) in [6.45, 7) is 4.86. The average Bonchev–Trinajstić information content (AvgIpc) is 3.59. The molecule has 7 rings (SSSR count). The zero-order valence-corrected chi connectivity index (χ0v) is 33.1. The van der Waals surface area contributed by atoms with Crippen LogP contribution in [-0.2, 0) is 54.5 Å². The standard InChI is InChI=1S/C16H19N3O5.C10H13F2N3O3.C6H8O4.ClH.2H2N.Pt/c1-6-11(17)14(21)10-9(5-24-15(18)22)16(23-2)8-3-7(8)4-19(16)12(10)13(6)20;1-5-14-7(13)2-3-15(5)9-10(11,12)8(17)6(4-16)18-9;7-4(8)6(5(9)10)2-1-3-6;;;;/h7-9H,3-5,17H2,1-2H3,(H2,18,22);2-3,6,8-9,16-17H,1,4H2,(H2,13,14);1-3H2,(H,7,8)(H,9,10);1H;2*1H2;/q;;;;2*-1;+2/t7-,8-,9?,16-;6?,8?,9-;;;;;/m11...../s1. The number of aliphatic hydroxyl groups is 2. The maximum Gasteiger partial charge on any atom is 2.00 e. The first-order valence-corrected chi connectivity index (χ1v) is 16.1. The number of aliphatic hydroxyl groups excluding tert-OH is 2. The molecule has 2 saturated heterocycles. The Morgan fingerprint density at radius 1 is 1.12 bits per heavy atom. The molecule has 7 atom stereocenters. The van der Waals surface area contributed by atoms with Crippen LogP contribution in [0, 0.1) is 23.2 Å². The molecule has 0 spiro atoms. The van der Waals surface area contributed by atoms with Crippen molar-refractivity contribution in [1.29, 1.82) is 0 Å². The average molecular weight is 1000 g/mol. The molecule has 20 nitrogen and oxygen atoms in total. The van der Waals surface area contributed by atoms with E-state index in [1.807, 2.05) is 4.90 Å². The summed E-state index contributed by atoms with van der Waals surface area (Å²) >= 11 is 0. The fraction of sp³-hybridized carbons (Fsp3) is 0.562. The van der Waals surface area contributed by atoms with Crippen LogP contribution in [0.5, 0.6) is 0 Å². The largest absolute Gasteiger partial charge is 2.00 e. The van der Waals surface area contributed by atoms with Gasteiger partial charge < -0.3 is 73.9 Å². The minimum absolute atomic E-state index is 0. The van der Waals surface area contributed by atoms with Crippen LogP contribution in [0.25, 0.3) is 12.3 Å². The van der Waals surface area contributed by atoms with Gasteiger partial charge in [-0.3, -0.25) is 19.2 Å². The molecule has 0 bridgehead atoms. The van der Waals surface area contributed by atoms with Crippen LogP contribution in [-0.4, -0.2) is 123 Å². The second-order valence-electron chi connectivity index (χ2n) is 13.4. The first-order valence-electron chi connectivity index (χ1n) is 16.1. The number of hydrogen-bond acceptors (Lipinski definition) is 15. The first kappa shape index (κ1) is 50.0. The zero-order valence-electron chi connectivity index (χ0n) is 30.0. The number of Topliss-reactive ketones (excluding diaryl/α,β-unsaturated/α-hetero) is 2. The Morgan fingerprint density at radius 3 is 2.14 bits per heavy atom. The van der Waals surface area contributed by atoms with Gasteiger partial charge in [0.15, 0.2) is 17.2 Å². The van der Waals surface area contributed by atoms with Crippen molar-refractivity contribution >= 4 is 47.8 Å². The number of methoxy groups -OCH3 is 1. The molecule has 0 aromatic carbocycles. The van der Waals surface area contributed by atoms with Gasteiger partial charge in [0.1, 0.15) is 24.4 Å². The molecular weight excluding hydrogens is 957 g/mol. The van der Waals surface area contributed by atoms with Gasteiger partial charge >= 0.3 is 45.0 Å². The van der Waals surface area contributed by atoms with Crippen molar-refractivity contribution in [3.05, 3.63) is 59.5 Å². The number of carboxylic acid groups (broad SMARTS) is 2. The smallest absolute Gasteiger partial charge is 0.693 e. The number of allylic oxidation sites excluding steroid dienone is 2. The van der Waals surface area contributed by atoms with Gasteiger partial charge in [0, 0.05) is 36.9 Å². The number of aliphatic carboxylic acids is 2. The van der Waals surface area contributed by atoms with Crippen molar-refractivity contribution in [3.8, 4) is 0 Å². The molecule has 3 unspecified atom stereocenters. The summed E-state index contributed by atoms with van der Waals surface area (Å²) in [5.41, 5.74) is 14.9. The number of nitrogens with two attached hydrogens (primary N) is 5. The Balaban J connectivity index is 0.000000437. The van der Waals surface area contributed by atoms with E-state index in [9.17, 15) is 37.9 Å². The van der Waals surface area contributed by atoms with Gasteiger partial charge in [-0.2, -0.15) is 8.78 Å². The van der Waals surface area contributed by atoms with Crippen LogP contribution in [0.1, 0.15) is 32.6 Å². The first-order chi connectivity index (χ1) is 24.3. The molecule has 3 aliphatic carbocycles. The number of halogens is 3. The number of carboxylic acids is 2. The summed E-state index contributed by atoms with van der Waals surface area (Å²) < 4.78 is 43.4. The summed E-state index contributed by atoms with van der Waals surface area (Å²) in [6.07, 6.45) is -1.36. The van der Waals surface area contributed by atoms with Gasteiger partial charge in [-0.05, 0) is 44.6 Å². The van der Waals surface area contributed by atoms with E-state index in [1.165, 1.54) is 12.3 Å². The zero-order chi connectivity index (χ0) is 38.7. The molecule has 7 aliphatic rings. The SMILES string of the molecule is C=C1N=C(N)C=CN1[C@@H]1OC(CO)C(O)C1(F)F.CO[C@]12C(COC(N)=O)C3=C(C(=O)C(C)=C(N)C3=O)N1C[C@H]1C[C@H]12.Cl.O=C(O)C1(C(=O)O)CCC1.[NH2-].[NH2-].[Pt+2]. The van der Waals surface area contributed by atoms with E-state index in [-0.39, 0.29) is 111 Å². The molecule has 4 fully saturated rings. The maximum atomic E-state index is 13.8. The number of rotatable bonds is 7. The summed E-state index contributed by atoms with van der Waals surface area (Å²) in [7, 11) is 1.56. The van der Waals surface area contributed by atoms with Gasteiger partial charge in [0.25, 0.3) is 0 Å². The van der Waals surface area contributed by atoms with E-state index in [0.717, 1.165) is 11.3 Å². The summed E-state index contributed by atoms with van der Waals surface area (Å²) in [5, 5.41) is 35.2. The van der Waals surface area contributed by atoms with Crippen molar-refractivity contribution < 1.29 is 88.5 Å². The molecule has 1 amide bonds. The number of hydrogen-bond donors (Lipinski definition) is 7. The topological polar surface area (TPSA) is 358 Å². The Labute approximate surface area is 339 Å².